The van der Waals surface area contributed by atoms with Crippen LogP contribution in [0.3, 0.4) is 0 Å². The zero-order valence-corrected chi connectivity index (χ0v) is 13.7. The zero-order valence-electron chi connectivity index (χ0n) is 13.7. The van der Waals surface area contributed by atoms with E-state index < -0.39 is 0 Å². The molecule has 20 heavy (non-hydrogen) atoms. The van der Waals surface area contributed by atoms with Crippen LogP contribution in [0.1, 0.15) is 70.4 Å². The molecule has 2 unspecified atom stereocenters. The van der Waals surface area contributed by atoms with Gasteiger partial charge in [0.25, 0.3) is 0 Å². The second-order valence-electron chi connectivity index (χ2n) is 7.54. The largest absolute Gasteiger partial charge is 0.314 e. The van der Waals surface area contributed by atoms with Crippen LogP contribution in [0.15, 0.2) is 24.3 Å². The minimum Gasteiger partial charge on any atom is -0.314 e. The molecule has 0 saturated carbocycles. The van der Waals surface area contributed by atoms with Gasteiger partial charge in [-0.15, -0.1) is 0 Å². The zero-order chi connectivity index (χ0) is 14.6. The molecule has 0 amide bonds. The normalized spacial score (nSPS) is 20.5. The fourth-order valence-electron chi connectivity index (χ4n) is 3.71. The second kappa shape index (κ2) is 6.76. The fraction of sp³-hybridized carbons (Fsp3) is 0.684. The fourth-order valence-corrected chi connectivity index (χ4v) is 3.71. The van der Waals surface area contributed by atoms with Crippen molar-refractivity contribution in [3.05, 3.63) is 35.4 Å². The second-order valence-corrected chi connectivity index (χ2v) is 7.54. The molecule has 0 fully saturated rings. The molecule has 0 aliphatic heterocycles. The summed E-state index contributed by atoms with van der Waals surface area (Å²) >= 11 is 0. The minimum atomic E-state index is 0.404. The van der Waals surface area contributed by atoms with E-state index in [9.17, 15) is 0 Å². The molecule has 1 aliphatic carbocycles. The first-order valence-electron chi connectivity index (χ1n) is 8.31. The summed E-state index contributed by atoms with van der Waals surface area (Å²) < 4.78 is 0. The van der Waals surface area contributed by atoms with Crippen LogP contribution in [0.5, 0.6) is 0 Å². The molecular weight excluding hydrogens is 242 g/mol. The first-order valence-corrected chi connectivity index (χ1v) is 8.31. The van der Waals surface area contributed by atoms with Gasteiger partial charge in [-0.1, -0.05) is 52.0 Å². The van der Waals surface area contributed by atoms with Gasteiger partial charge in [-0.2, -0.15) is 0 Å². The highest BCUT2D eigenvalue weighted by atomic mass is 14.9. The third-order valence-electron chi connectivity index (χ3n) is 4.41. The highest BCUT2D eigenvalue weighted by Gasteiger charge is 2.25. The van der Waals surface area contributed by atoms with E-state index in [4.69, 9.17) is 0 Å². The lowest BCUT2D eigenvalue weighted by Crippen LogP contribution is -2.34. The average molecular weight is 273 g/mol. The van der Waals surface area contributed by atoms with Gasteiger partial charge in [0.05, 0.1) is 0 Å². The van der Waals surface area contributed by atoms with Gasteiger partial charge in [0, 0.05) is 6.04 Å². The minimum absolute atomic E-state index is 0.404. The van der Waals surface area contributed by atoms with Crippen molar-refractivity contribution in [3.8, 4) is 0 Å². The first-order chi connectivity index (χ1) is 9.49. The third kappa shape index (κ3) is 4.34. The van der Waals surface area contributed by atoms with Gasteiger partial charge in [-0.3, -0.25) is 0 Å². The molecule has 1 aromatic carbocycles. The molecule has 0 radical (unpaired) electrons. The van der Waals surface area contributed by atoms with E-state index >= 15 is 0 Å². The van der Waals surface area contributed by atoms with E-state index in [1.165, 1.54) is 32.1 Å². The Morgan fingerprint density at radius 1 is 1.25 bits per heavy atom. The van der Waals surface area contributed by atoms with Gasteiger partial charge >= 0.3 is 0 Å². The standard InChI is InChI=1S/C19H31N/c1-5-20-17(14-19(2,3)4)13-16-11-8-10-15-9-6-7-12-18(15)16/h6-7,9,12,16-17,20H,5,8,10-11,13-14H2,1-4H3. The van der Waals surface area contributed by atoms with Crippen LogP contribution in [-0.4, -0.2) is 12.6 Å². The summed E-state index contributed by atoms with van der Waals surface area (Å²) in [6.07, 6.45) is 6.55. The van der Waals surface area contributed by atoms with Crippen LogP contribution in [0.25, 0.3) is 0 Å². The SMILES string of the molecule is CCNC(CC1CCCc2ccccc21)CC(C)(C)C. The Kier molecular flexibility index (Phi) is 5.26. The number of benzene rings is 1. The van der Waals surface area contributed by atoms with Crippen molar-refractivity contribution >= 4 is 0 Å². The first kappa shape index (κ1) is 15.6. The van der Waals surface area contributed by atoms with Crippen LogP contribution in [0, 0.1) is 5.41 Å². The van der Waals surface area contributed by atoms with E-state index in [2.05, 4.69) is 57.3 Å². The molecule has 0 saturated heterocycles. The topological polar surface area (TPSA) is 12.0 Å². The Hall–Kier alpha value is -0.820. The summed E-state index contributed by atoms with van der Waals surface area (Å²) in [5.74, 6) is 0.756. The van der Waals surface area contributed by atoms with Crippen molar-refractivity contribution < 1.29 is 0 Å². The Balaban J connectivity index is 2.07. The van der Waals surface area contributed by atoms with Crippen molar-refractivity contribution in [1.29, 1.82) is 0 Å². The Bertz CT molecular complexity index is 416. The van der Waals surface area contributed by atoms with Crippen LogP contribution >= 0.6 is 0 Å². The number of fused-ring (bicyclic) bond motifs is 1. The Morgan fingerprint density at radius 3 is 2.70 bits per heavy atom. The van der Waals surface area contributed by atoms with Crippen LogP contribution in [0.4, 0.5) is 0 Å². The molecule has 1 aromatic rings. The summed E-state index contributed by atoms with van der Waals surface area (Å²) in [6.45, 7) is 10.4. The maximum Gasteiger partial charge on any atom is 0.00777 e. The molecule has 0 heterocycles. The monoisotopic (exact) mass is 273 g/mol. The molecule has 0 aromatic heterocycles. The number of hydrogen-bond donors (Lipinski definition) is 1. The van der Waals surface area contributed by atoms with Gasteiger partial charge in [-0.25, -0.2) is 0 Å². The van der Waals surface area contributed by atoms with Gasteiger partial charge in [-0.05, 0) is 61.1 Å². The summed E-state index contributed by atoms with van der Waals surface area (Å²) in [5.41, 5.74) is 3.62. The number of nitrogens with one attached hydrogen (secondary N) is 1. The maximum absolute atomic E-state index is 3.72. The molecule has 112 valence electrons. The molecule has 0 bridgehead atoms. The molecule has 1 heteroatoms. The summed E-state index contributed by atoms with van der Waals surface area (Å²) in [5, 5.41) is 3.72. The predicted molar refractivity (Wildman–Crippen MR) is 88.3 cm³/mol. The lowest BCUT2D eigenvalue weighted by atomic mass is 9.77. The molecule has 1 nitrogen and oxygen atoms in total. The molecule has 2 atom stereocenters. The van der Waals surface area contributed by atoms with Crippen LogP contribution in [-0.2, 0) is 6.42 Å². The van der Waals surface area contributed by atoms with E-state index in [0.717, 1.165) is 12.5 Å². The molecule has 1 aliphatic rings. The lowest BCUT2D eigenvalue weighted by molar-refractivity contribution is 0.285. The maximum atomic E-state index is 3.72. The summed E-state index contributed by atoms with van der Waals surface area (Å²) in [6, 6.07) is 9.74. The van der Waals surface area contributed by atoms with E-state index in [1.54, 1.807) is 11.1 Å². The molecular formula is C19H31N. The van der Waals surface area contributed by atoms with Gasteiger partial charge in [0.2, 0.25) is 0 Å². The average Bonchev–Trinajstić information content (AvgIpc) is 2.37. The van der Waals surface area contributed by atoms with Gasteiger partial charge < -0.3 is 5.32 Å². The highest BCUT2D eigenvalue weighted by molar-refractivity contribution is 5.32. The van der Waals surface area contributed by atoms with Crippen LogP contribution < -0.4 is 5.32 Å². The van der Waals surface area contributed by atoms with Crippen LogP contribution in [0.2, 0.25) is 0 Å². The molecule has 1 N–H and O–H groups in total. The van der Waals surface area contributed by atoms with Crippen molar-refractivity contribution in [2.75, 3.05) is 6.54 Å². The number of hydrogen-bond acceptors (Lipinski definition) is 1. The number of rotatable bonds is 5. The Labute approximate surface area is 125 Å². The third-order valence-corrected chi connectivity index (χ3v) is 4.41. The van der Waals surface area contributed by atoms with Crippen molar-refractivity contribution in [1.82, 2.24) is 5.32 Å². The smallest absolute Gasteiger partial charge is 0.00777 e. The Morgan fingerprint density at radius 2 is 2.00 bits per heavy atom. The van der Waals surface area contributed by atoms with E-state index in [1.807, 2.05) is 0 Å². The van der Waals surface area contributed by atoms with E-state index in [0.29, 0.717) is 11.5 Å². The summed E-state index contributed by atoms with van der Waals surface area (Å²) in [4.78, 5) is 0. The van der Waals surface area contributed by atoms with Crippen molar-refractivity contribution in [2.24, 2.45) is 5.41 Å². The molecule has 2 rings (SSSR count). The molecule has 0 spiro atoms. The van der Waals surface area contributed by atoms with Crippen molar-refractivity contribution in [2.45, 2.75) is 71.8 Å². The lowest BCUT2D eigenvalue weighted by Gasteiger charge is -2.32. The van der Waals surface area contributed by atoms with Gasteiger partial charge in [0.1, 0.15) is 0 Å². The van der Waals surface area contributed by atoms with E-state index in [-0.39, 0.29) is 0 Å². The van der Waals surface area contributed by atoms with Crippen molar-refractivity contribution in [3.63, 3.8) is 0 Å². The number of aryl methyl sites for hydroxylation is 1. The quantitative estimate of drug-likeness (QED) is 0.803. The predicted octanol–water partition coefficient (Wildman–Crippen LogP) is 4.91. The summed E-state index contributed by atoms with van der Waals surface area (Å²) in [7, 11) is 0. The highest BCUT2D eigenvalue weighted by Crippen LogP contribution is 2.36. The van der Waals surface area contributed by atoms with Gasteiger partial charge in [0.15, 0.2) is 0 Å².